The van der Waals surface area contributed by atoms with Crippen LogP contribution in [0.4, 0.5) is 13.2 Å². The molecule has 1 aromatic carbocycles. The first-order chi connectivity index (χ1) is 47.9. The first-order valence-corrected chi connectivity index (χ1v) is 37.4. The Morgan fingerprint density at radius 3 is 1.79 bits per heavy atom. The Balaban J connectivity index is 1.17. The average Bonchev–Trinajstić information content (AvgIpc) is 1.76. The predicted molar refractivity (Wildman–Crippen MR) is 371 cm³/mol. The van der Waals surface area contributed by atoms with Crippen LogP contribution in [0.3, 0.4) is 0 Å². The van der Waals surface area contributed by atoms with Gasteiger partial charge in [0.2, 0.25) is 70.9 Å². The molecule has 4 saturated carbocycles. The highest BCUT2D eigenvalue weighted by molar-refractivity contribution is 6.31. The van der Waals surface area contributed by atoms with Gasteiger partial charge in [0, 0.05) is 69.0 Å². The molecule has 0 aromatic heterocycles. The Morgan fingerprint density at radius 2 is 1.19 bits per heavy atom. The number of likely N-dealkylation sites (tertiary alicyclic amines) is 1. The minimum Gasteiger partial charge on any atom is -0.343 e. The molecule has 24 nitrogen and oxygen atoms in total. The number of hydrogen-bond donors (Lipinski definition) is 3. The fourth-order valence-corrected chi connectivity index (χ4v) is 16.7. The predicted octanol–water partition coefficient (Wildman–Crippen LogP) is 6.18. The minimum atomic E-state index is -4.76. The van der Waals surface area contributed by atoms with Crippen LogP contribution < -0.4 is 16.0 Å². The number of carbonyl (C=O) groups excluding carboxylic acids is 12. The van der Waals surface area contributed by atoms with Crippen LogP contribution in [0.15, 0.2) is 18.2 Å². The number of carbonyl (C=O) groups is 12. The number of fused-ring (bicyclic) bond motifs is 1. The third-order valence-electron chi connectivity index (χ3n) is 23.2. The first-order valence-electron chi connectivity index (χ1n) is 37.0. The highest BCUT2D eigenvalue weighted by Crippen LogP contribution is 2.39. The van der Waals surface area contributed by atoms with E-state index in [2.05, 4.69) is 16.0 Å². The van der Waals surface area contributed by atoms with E-state index in [0.717, 1.165) is 86.1 Å². The van der Waals surface area contributed by atoms with E-state index < -0.39 is 173 Å². The summed E-state index contributed by atoms with van der Waals surface area (Å²) in [6, 6.07) is -5.37. The Morgan fingerprint density at radius 1 is 0.594 bits per heavy atom. The van der Waals surface area contributed by atoms with Crippen molar-refractivity contribution >= 4 is 82.5 Å². The molecule has 562 valence electrons. The number of piperidine rings is 1. The van der Waals surface area contributed by atoms with E-state index in [-0.39, 0.29) is 56.9 Å². The molecule has 0 radical (unpaired) electrons. The van der Waals surface area contributed by atoms with Crippen LogP contribution in [0.1, 0.15) is 192 Å². The fourth-order valence-electron chi connectivity index (χ4n) is 16.4. The lowest BCUT2D eigenvalue weighted by Crippen LogP contribution is -2.65. The maximum Gasteiger partial charge on any atom is 0.417 e. The van der Waals surface area contributed by atoms with Crippen LogP contribution in [0, 0.1) is 23.7 Å². The Labute approximate surface area is 598 Å². The highest BCUT2D eigenvalue weighted by Gasteiger charge is 2.52. The zero-order valence-corrected chi connectivity index (χ0v) is 61.6. The van der Waals surface area contributed by atoms with Crippen LogP contribution in [0.2, 0.25) is 5.02 Å². The van der Waals surface area contributed by atoms with E-state index in [0.29, 0.717) is 82.9 Å². The molecule has 1 unspecified atom stereocenters. The molecule has 3 N–H and O–H groups in total. The fraction of sp³-hybridized carbons (Fsp3) is 0.753. The number of rotatable bonds is 10. The van der Waals surface area contributed by atoms with Crippen molar-refractivity contribution in [2.24, 2.45) is 23.7 Å². The van der Waals surface area contributed by atoms with Crippen LogP contribution in [-0.4, -0.2) is 251 Å². The van der Waals surface area contributed by atoms with Gasteiger partial charge in [0.15, 0.2) is 0 Å². The summed E-state index contributed by atoms with van der Waals surface area (Å²) >= 11 is 6.17. The van der Waals surface area contributed by atoms with Gasteiger partial charge in [-0.15, -0.1) is 0 Å². The number of amides is 12. The quantitative estimate of drug-likeness (QED) is 0.237. The summed E-state index contributed by atoms with van der Waals surface area (Å²) in [5.74, 6) is -8.64. The Bertz CT molecular complexity index is 3170. The third kappa shape index (κ3) is 19.4. The largest absolute Gasteiger partial charge is 0.417 e. The summed E-state index contributed by atoms with van der Waals surface area (Å²) in [4.78, 5) is 192. The molecule has 28 heteroatoms. The van der Waals surface area contributed by atoms with Crippen molar-refractivity contribution in [3.63, 3.8) is 0 Å². The number of hydrogen-bond acceptors (Lipinski definition) is 12. The molecule has 12 amide bonds. The molecular formula is C73H110ClF3N12O12. The zero-order valence-electron chi connectivity index (χ0n) is 60.9. The molecule has 7 aliphatic rings. The summed E-state index contributed by atoms with van der Waals surface area (Å²) in [7, 11) is 10.1. The number of alkyl halides is 3. The Kier molecular flexibility index (Phi) is 27.9. The maximum atomic E-state index is 15.8. The number of benzene rings is 1. The van der Waals surface area contributed by atoms with Gasteiger partial charge < -0.3 is 60.0 Å². The van der Waals surface area contributed by atoms with Crippen molar-refractivity contribution in [3.8, 4) is 0 Å². The molecule has 7 fully saturated rings. The number of likely N-dealkylation sites (N-methyl/N-ethyl adjacent to an activating group) is 7. The monoisotopic (exact) mass is 1440 g/mol. The number of nitrogens with one attached hydrogen (secondary N) is 3. The SMILES string of the molecule is CC[C@H](C)[C@@H]1NC(=O)[C@H](C2CCC2)N(C)C(=O)C[C@@H](C(=O)N2CCCCC2)N(C)C(=O)[C@H](C2CCCCC2)N(C)C(=O)C2(CCCC2)NC(=O)C2CCCN2C(=O)[C@H](CCc2ccc(C(F)(F)F)c(Cl)c2)NC(=O)CN(C)C(=O)[C@H](CC2CCCCC2)N(C)C(=O)CN(C)C(=O)CN(C)C1=O. The average molecular weight is 1440 g/mol. The van der Waals surface area contributed by atoms with Crippen LogP contribution >= 0.6 is 11.6 Å². The van der Waals surface area contributed by atoms with Gasteiger partial charge in [-0.1, -0.05) is 109 Å². The second-order valence-corrected chi connectivity index (χ2v) is 30.6. The summed E-state index contributed by atoms with van der Waals surface area (Å²) < 4.78 is 41.7. The van der Waals surface area contributed by atoms with Gasteiger partial charge in [-0.25, -0.2) is 0 Å². The van der Waals surface area contributed by atoms with Gasteiger partial charge >= 0.3 is 6.18 Å². The molecule has 0 bridgehead atoms. The Hall–Kier alpha value is -7.06. The molecule has 3 saturated heterocycles. The van der Waals surface area contributed by atoms with E-state index in [9.17, 15) is 41.9 Å². The van der Waals surface area contributed by atoms with E-state index >= 15 is 28.8 Å². The number of nitrogens with zero attached hydrogens (tertiary/aromatic N) is 9. The summed E-state index contributed by atoms with van der Waals surface area (Å²) in [6.07, 6.45) is 9.07. The van der Waals surface area contributed by atoms with E-state index in [1.807, 2.05) is 6.92 Å². The van der Waals surface area contributed by atoms with Gasteiger partial charge in [-0.2, -0.15) is 13.2 Å². The van der Waals surface area contributed by atoms with Crippen molar-refractivity contribution in [2.75, 3.05) is 88.6 Å². The molecule has 1 spiro atoms. The van der Waals surface area contributed by atoms with Crippen molar-refractivity contribution in [1.29, 1.82) is 0 Å². The van der Waals surface area contributed by atoms with Gasteiger partial charge in [-0.3, -0.25) is 57.5 Å². The minimum absolute atomic E-state index is 0.0230. The van der Waals surface area contributed by atoms with Gasteiger partial charge in [0.05, 0.1) is 36.6 Å². The van der Waals surface area contributed by atoms with Gasteiger partial charge in [0.1, 0.15) is 47.8 Å². The van der Waals surface area contributed by atoms with Crippen molar-refractivity contribution in [3.05, 3.63) is 34.3 Å². The second kappa shape index (κ2) is 35.4. The molecule has 3 heterocycles. The van der Waals surface area contributed by atoms with Crippen molar-refractivity contribution < 1.29 is 70.7 Å². The van der Waals surface area contributed by atoms with Crippen molar-refractivity contribution in [2.45, 2.75) is 241 Å². The molecule has 8 atom stereocenters. The van der Waals surface area contributed by atoms with E-state index in [4.69, 9.17) is 11.6 Å². The van der Waals surface area contributed by atoms with Crippen molar-refractivity contribution in [1.82, 2.24) is 60.0 Å². The van der Waals surface area contributed by atoms with Gasteiger partial charge in [0.25, 0.3) is 0 Å². The molecule has 4 aliphatic carbocycles. The lowest BCUT2D eigenvalue weighted by atomic mass is 9.78. The lowest BCUT2D eigenvalue weighted by Gasteiger charge is -2.44. The molecule has 8 rings (SSSR count). The van der Waals surface area contributed by atoms with E-state index in [1.54, 1.807) is 11.8 Å². The topological polar surface area (TPSA) is 270 Å². The lowest BCUT2D eigenvalue weighted by molar-refractivity contribution is -0.157. The number of halogens is 4. The smallest absolute Gasteiger partial charge is 0.343 e. The van der Waals surface area contributed by atoms with Crippen LogP contribution in [-0.2, 0) is 70.1 Å². The molecule has 1 aromatic rings. The van der Waals surface area contributed by atoms with Crippen LogP contribution in [0.25, 0.3) is 0 Å². The summed E-state index contributed by atoms with van der Waals surface area (Å²) in [5, 5.41) is 8.25. The van der Waals surface area contributed by atoms with Gasteiger partial charge in [-0.05, 0) is 131 Å². The summed E-state index contributed by atoms with van der Waals surface area (Å²) in [6.45, 7) is 2.79. The summed E-state index contributed by atoms with van der Waals surface area (Å²) in [5.41, 5.74) is -2.33. The normalized spacial score (nSPS) is 27.6. The molecule has 101 heavy (non-hydrogen) atoms. The first kappa shape index (κ1) is 79.6. The standard InChI is InChI=1S/C73H110ClF3N12O12/c1-10-46(2)61-69(99)83(5)44-59(92)81(3)45-60(93)84(6)55(41-47-24-14-11-15-25-47)67(97)82(4)43-57(90)78-53(34-32-48-31-33-51(52(74)40-48)73(75,76)77)66(96)89-39-23-30-54(89)64(94)80-72(35-18-19-36-72)71(101)87(9)63(50-26-16-12-17-27-50)70(100)85(7)56(68(98)88-37-20-13-21-38-88)42-58(91)86(8)62(65(95)79-61)49-28-22-29-49/h31,33,40,46-47,49-50,53-56,61-63H,10-30,32,34-39,41-45H2,1-9H3,(H,78,90)(H,79,95)(H,80,94)/t46-,53-,54?,55-,56-,61-,62-,63-/m0/s1. The molecular weight excluding hydrogens is 1330 g/mol. The number of aryl methyl sites for hydroxylation is 1. The second-order valence-electron chi connectivity index (χ2n) is 30.2. The van der Waals surface area contributed by atoms with Crippen LogP contribution in [0.5, 0.6) is 0 Å². The molecule has 3 aliphatic heterocycles. The third-order valence-corrected chi connectivity index (χ3v) is 23.5. The zero-order chi connectivity index (χ0) is 73.8. The highest BCUT2D eigenvalue weighted by atomic mass is 35.5. The van der Waals surface area contributed by atoms with E-state index in [1.165, 1.54) is 84.8 Å². The maximum absolute atomic E-state index is 15.8.